The molecule has 0 saturated heterocycles. The van der Waals surface area contributed by atoms with Crippen molar-refractivity contribution >= 4 is 21.6 Å². The van der Waals surface area contributed by atoms with E-state index in [2.05, 4.69) is 4.72 Å². The van der Waals surface area contributed by atoms with Gasteiger partial charge in [0.05, 0.1) is 24.2 Å². The first kappa shape index (κ1) is 23.1. The maximum absolute atomic E-state index is 12.7. The molecule has 3 rings (SSSR count). The van der Waals surface area contributed by atoms with Gasteiger partial charge in [0.15, 0.2) is 0 Å². The topological polar surface area (TPSA) is 84.9 Å². The Hall–Kier alpha value is -3.52. The number of aryl methyl sites for hydroxylation is 1. The molecule has 0 bridgehead atoms. The third-order valence-corrected chi connectivity index (χ3v) is 6.27. The molecule has 0 aliphatic carbocycles. The number of hydrogen-bond donors (Lipinski definition) is 1. The molecule has 0 radical (unpaired) electrons. The van der Waals surface area contributed by atoms with E-state index in [4.69, 9.17) is 9.47 Å². The number of carbonyl (C=O) groups is 1. The van der Waals surface area contributed by atoms with Gasteiger partial charge in [-0.1, -0.05) is 30.3 Å². The summed E-state index contributed by atoms with van der Waals surface area (Å²) in [4.78, 5) is 14.3. The largest absolute Gasteiger partial charge is 0.495 e. The highest BCUT2D eigenvalue weighted by Gasteiger charge is 2.18. The minimum Gasteiger partial charge on any atom is -0.495 e. The van der Waals surface area contributed by atoms with Crippen LogP contribution in [0.5, 0.6) is 11.5 Å². The Morgan fingerprint density at radius 3 is 2.22 bits per heavy atom. The van der Waals surface area contributed by atoms with Gasteiger partial charge in [-0.3, -0.25) is 9.52 Å². The lowest BCUT2D eigenvalue weighted by Crippen LogP contribution is -2.31. The first-order valence-electron chi connectivity index (χ1n) is 10.0. The molecule has 3 aromatic rings. The van der Waals surface area contributed by atoms with E-state index in [1.165, 1.54) is 36.3 Å². The molecule has 0 fully saturated rings. The molecular formula is C24H26N2O5S. The molecule has 0 saturated carbocycles. The van der Waals surface area contributed by atoms with E-state index in [1.54, 1.807) is 31.3 Å². The fourth-order valence-electron chi connectivity index (χ4n) is 3.04. The number of sulfonamides is 1. The number of hydrogen-bond acceptors (Lipinski definition) is 5. The summed E-state index contributed by atoms with van der Waals surface area (Å²) in [5.74, 6) is 0.975. The quantitative estimate of drug-likeness (QED) is 0.529. The monoisotopic (exact) mass is 454 g/mol. The van der Waals surface area contributed by atoms with Crippen LogP contribution in [0.15, 0.2) is 77.7 Å². The van der Waals surface area contributed by atoms with Crippen LogP contribution < -0.4 is 14.2 Å². The summed E-state index contributed by atoms with van der Waals surface area (Å²) in [6.07, 6.45) is 0. The van der Waals surface area contributed by atoms with Gasteiger partial charge in [-0.05, 0) is 55.0 Å². The SMILES string of the molecule is COc1ccccc1NS(=O)(=O)c1ccc(C(=O)N(C)CCOc2ccccc2C)cc1. The standard InChI is InChI=1S/C24H26N2O5S/c1-18-8-4-6-10-22(18)31-17-16-26(2)24(27)19-12-14-20(15-13-19)32(28,29)25-21-9-5-7-11-23(21)30-3/h4-15,25H,16-17H2,1-3H3. The lowest BCUT2D eigenvalue weighted by molar-refractivity contribution is 0.0773. The van der Waals surface area contributed by atoms with E-state index in [-0.39, 0.29) is 10.8 Å². The summed E-state index contributed by atoms with van der Waals surface area (Å²) in [5.41, 5.74) is 1.75. The fourth-order valence-corrected chi connectivity index (χ4v) is 4.11. The zero-order valence-corrected chi connectivity index (χ0v) is 19.1. The highest BCUT2D eigenvalue weighted by atomic mass is 32.2. The predicted molar refractivity (Wildman–Crippen MR) is 124 cm³/mol. The van der Waals surface area contributed by atoms with E-state index in [1.807, 2.05) is 31.2 Å². The average Bonchev–Trinajstić information content (AvgIpc) is 2.80. The Morgan fingerprint density at radius 2 is 1.56 bits per heavy atom. The van der Waals surface area contributed by atoms with Crippen LogP contribution in [0.25, 0.3) is 0 Å². The molecule has 1 N–H and O–H groups in total. The number of amides is 1. The highest BCUT2D eigenvalue weighted by Crippen LogP contribution is 2.26. The van der Waals surface area contributed by atoms with Crippen LogP contribution >= 0.6 is 0 Å². The van der Waals surface area contributed by atoms with Gasteiger partial charge in [0.2, 0.25) is 0 Å². The van der Waals surface area contributed by atoms with Gasteiger partial charge in [0.25, 0.3) is 15.9 Å². The van der Waals surface area contributed by atoms with Gasteiger partial charge >= 0.3 is 0 Å². The van der Waals surface area contributed by atoms with Gasteiger partial charge in [-0.25, -0.2) is 8.42 Å². The Bertz CT molecular complexity index is 1180. The van der Waals surface area contributed by atoms with E-state index in [9.17, 15) is 13.2 Å². The van der Waals surface area contributed by atoms with Crippen molar-refractivity contribution in [3.8, 4) is 11.5 Å². The normalized spacial score (nSPS) is 11.0. The summed E-state index contributed by atoms with van der Waals surface area (Å²) in [5, 5.41) is 0. The van der Waals surface area contributed by atoms with Crippen LogP contribution in [-0.4, -0.2) is 46.5 Å². The maximum Gasteiger partial charge on any atom is 0.262 e. The number of methoxy groups -OCH3 is 1. The van der Waals surface area contributed by atoms with Crippen LogP contribution in [0.4, 0.5) is 5.69 Å². The summed E-state index contributed by atoms with van der Waals surface area (Å²) in [6, 6.07) is 20.2. The van der Waals surface area contributed by atoms with E-state index in [0.717, 1.165) is 11.3 Å². The molecule has 0 aliphatic rings. The average molecular weight is 455 g/mol. The zero-order valence-electron chi connectivity index (χ0n) is 18.2. The first-order chi connectivity index (χ1) is 15.3. The molecule has 8 heteroatoms. The van der Waals surface area contributed by atoms with Crippen molar-refractivity contribution in [3.63, 3.8) is 0 Å². The van der Waals surface area contributed by atoms with E-state index >= 15 is 0 Å². The van der Waals surface area contributed by atoms with Gasteiger partial charge in [-0.2, -0.15) is 0 Å². The third-order valence-electron chi connectivity index (χ3n) is 4.89. The Morgan fingerprint density at radius 1 is 0.938 bits per heavy atom. The number of benzene rings is 3. The second-order valence-electron chi connectivity index (χ2n) is 7.17. The van der Waals surface area contributed by atoms with Crippen molar-refractivity contribution in [2.75, 3.05) is 32.0 Å². The molecule has 7 nitrogen and oxygen atoms in total. The molecule has 0 unspecified atom stereocenters. The minimum absolute atomic E-state index is 0.0468. The van der Waals surface area contributed by atoms with E-state index in [0.29, 0.717) is 30.2 Å². The third kappa shape index (κ3) is 5.59. The Labute approximate surface area is 188 Å². The molecule has 0 atom stereocenters. The minimum atomic E-state index is -3.83. The Kier molecular flexibility index (Phi) is 7.37. The maximum atomic E-state index is 12.7. The van der Waals surface area contributed by atoms with Crippen molar-refractivity contribution in [2.45, 2.75) is 11.8 Å². The fraction of sp³-hybridized carbons (Fsp3) is 0.208. The number of likely N-dealkylation sites (N-methyl/N-ethyl adjacent to an activating group) is 1. The number of ether oxygens (including phenoxy) is 2. The van der Waals surface area contributed by atoms with Gasteiger partial charge in [0, 0.05) is 12.6 Å². The molecule has 0 spiro atoms. The molecule has 0 heterocycles. The lowest BCUT2D eigenvalue weighted by Gasteiger charge is -2.18. The number of carbonyl (C=O) groups excluding carboxylic acids is 1. The summed E-state index contributed by atoms with van der Waals surface area (Å²) in [7, 11) is -0.686. The van der Waals surface area contributed by atoms with Gasteiger partial charge in [-0.15, -0.1) is 0 Å². The van der Waals surface area contributed by atoms with Crippen molar-refractivity contribution in [3.05, 3.63) is 83.9 Å². The second-order valence-corrected chi connectivity index (χ2v) is 8.85. The molecule has 0 aliphatic heterocycles. The lowest BCUT2D eigenvalue weighted by atomic mass is 10.2. The van der Waals surface area contributed by atoms with Crippen molar-refractivity contribution in [1.82, 2.24) is 4.90 Å². The molecule has 3 aromatic carbocycles. The molecule has 168 valence electrons. The van der Waals surface area contributed by atoms with Crippen LogP contribution in [0.1, 0.15) is 15.9 Å². The summed E-state index contributed by atoms with van der Waals surface area (Å²) < 4.78 is 38.9. The zero-order chi connectivity index (χ0) is 23.1. The van der Waals surface area contributed by atoms with Crippen LogP contribution in [0.3, 0.4) is 0 Å². The number of anilines is 1. The highest BCUT2D eigenvalue weighted by molar-refractivity contribution is 7.92. The smallest absolute Gasteiger partial charge is 0.262 e. The van der Waals surface area contributed by atoms with Crippen LogP contribution in [-0.2, 0) is 10.0 Å². The number of rotatable bonds is 9. The number of nitrogens with zero attached hydrogens (tertiary/aromatic N) is 1. The second kappa shape index (κ2) is 10.2. The van der Waals surface area contributed by atoms with Crippen LogP contribution in [0.2, 0.25) is 0 Å². The van der Waals surface area contributed by atoms with Gasteiger partial charge in [0.1, 0.15) is 18.1 Å². The van der Waals surface area contributed by atoms with Crippen molar-refractivity contribution in [2.24, 2.45) is 0 Å². The number of para-hydroxylation sites is 3. The number of nitrogens with one attached hydrogen (secondary N) is 1. The Balaban J connectivity index is 1.62. The van der Waals surface area contributed by atoms with Crippen LogP contribution in [0, 0.1) is 6.92 Å². The van der Waals surface area contributed by atoms with Gasteiger partial charge < -0.3 is 14.4 Å². The van der Waals surface area contributed by atoms with E-state index < -0.39 is 10.0 Å². The summed E-state index contributed by atoms with van der Waals surface area (Å²) >= 11 is 0. The predicted octanol–water partition coefficient (Wildman–Crippen LogP) is 3.96. The van der Waals surface area contributed by atoms with Crippen molar-refractivity contribution < 1.29 is 22.7 Å². The molecule has 32 heavy (non-hydrogen) atoms. The summed E-state index contributed by atoms with van der Waals surface area (Å²) in [6.45, 7) is 2.70. The first-order valence-corrected chi connectivity index (χ1v) is 11.5. The molecular weight excluding hydrogens is 428 g/mol. The molecule has 1 amide bonds. The van der Waals surface area contributed by atoms with Crippen molar-refractivity contribution in [1.29, 1.82) is 0 Å². The molecule has 0 aromatic heterocycles.